The molecule has 1 N–H and O–H groups in total. The Morgan fingerprint density at radius 2 is 1.29 bits per heavy atom. The predicted molar refractivity (Wildman–Crippen MR) is 80.2 cm³/mol. The molecule has 2 aromatic carbocycles. The van der Waals surface area contributed by atoms with Gasteiger partial charge in [-0.05, 0) is 30.3 Å². The highest BCUT2D eigenvalue weighted by atomic mass is 35.5. The van der Waals surface area contributed by atoms with Crippen LogP contribution in [-0.4, -0.2) is 25.5 Å². The minimum absolute atomic E-state index is 0.0631. The van der Waals surface area contributed by atoms with Gasteiger partial charge in [0.2, 0.25) is 11.6 Å². The van der Waals surface area contributed by atoms with Crippen molar-refractivity contribution in [2.75, 3.05) is 0 Å². The summed E-state index contributed by atoms with van der Waals surface area (Å²) >= 11 is 12.1. The van der Waals surface area contributed by atoms with Gasteiger partial charge in [-0.3, -0.25) is 0 Å². The molecular formula is C14H8Cl2N4O. The summed E-state index contributed by atoms with van der Waals surface area (Å²) in [5.74, 6) is 0.612. The molecule has 0 saturated carbocycles. The molecule has 0 radical (unpaired) electrons. The zero-order valence-corrected chi connectivity index (χ0v) is 12.0. The highest BCUT2D eigenvalue weighted by molar-refractivity contribution is 6.33. The van der Waals surface area contributed by atoms with E-state index >= 15 is 0 Å². The predicted octanol–water partition coefficient (Wildman–Crippen LogP) is 3.61. The van der Waals surface area contributed by atoms with Crippen LogP contribution in [0.1, 0.15) is 0 Å². The van der Waals surface area contributed by atoms with E-state index in [4.69, 9.17) is 23.2 Å². The molecule has 1 heterocycles. The van der Waals surface area contributed by atoms with E-state index in [9.17, 15) is 5.11 Å². The van der Waals surface area contributed by atoms with Crippen molar-refractivity contribution >= 4 is 23.2 Å². The standard InChI is InChI=1S/C14H8Cl2N4O/c15-11-4-2-1-3-9(11)13-17-19-14(20-18-13)10-7-8(21)5-6-12(10)16/h1-7,21H. The van der Waals surface area contributed by atoms with Crippen molar-refractivity contribution in [3.63, 3.8) is 0 Å². The first-order valence-electron chi connectivity index (χ1n) is 5.96. The van der Waals surface area contributed by atoms with Crippen LogP contribution in [0.4, 0.5) is 0 Å². The SMILES string of the molecule is Oc1ccc(Cl)c(-c2nnc(-c3ccccc3Cl)nn2)c1. The van der Waals surface area contributed by atoms with Crippen molar-refractivity contribution in [3.05, 3.63) is 52.5 Å². The van der Waals surface area contributed by atoms with E-state index < -0.39 is 0 Å². The molecule has 0 unspecified atom stereocenters. The van der Waals surface area contributed by atoms with Crippen LogP contribution in [0, 0.1) is 0 Å². The molecule has 0 spiro atoms. The number of aromatic hydroxyl groups is 1. The summed E-state index contributed by atoms with van der Waals surface area (Å²) in [6.45, 7) is 0. The molecule has 0 bridgehead atoms. The number of halogens is 2. The molecule has 5 nitrogen and oxygen atoms in total. The first kappa shape index (κ1) is 13.7. The largest absolute Gasteiger partial charge is 0.508 e. The first-order chi connectivity index (χ1) is 10.1. The molecule has 21 heavy (non-hydrogen) atoms. The van der Waals surface area contributed by atoms with Gasteiger partial charge in [0.05, 0.1) is 10.0 Å². The molecule has 3 rings (SSSR count). The normalized spacial score (nSPS) is 10.6. The third kappa shape index (κ3) is 2.79. The van der Waals surface area contributed by atoms with Crippen molar-refractivity contribution < 1.29 is 5.11 Å². The van der Waals surface area contributed by atoms with Crippen LogP contribution in [0.15, 0.2) is 42.5 Å². The van der Waals surface area contributed by atoms with Crippen LogP contribution in [-0.2, 0) is 0 Å². The number of rotatable bonds is 2. The monoisotopic (exact) mass is 318 g/mol. The number of nitrogens with zero attached hydrogens (tertiary/aromatic N) is 4. The Hall–Kier alpha value is -2.24. The Bertz CT molecular complexity index is 793. The lowest BCUT2D eigenvalue weighted by atomic mass is 10.2. The average molecular weight is 319 g/mol. The maximum Gasteiger partial charge on any atom is 0.205 e. The van der Waals surface area contributed by atoms with Crippen molar-refractivity contribution in [3.8, 4) is 28.5 Å². The van der Waals surface area contributed by atoms with Gasteiger partial charge in [-0.2, -0.15) is 0 Å². The molecule has 0 atom stereocenters. The molecule has 104 valence electrons. The quantitative estimate of drug-likeness (QED) is 0.781. The minimum Gasteiger partial charge on any atom is -0.508 e. The van der Waals surface area contributed by atoms with Crippen LogP contribution in [0.3, 0.4) is 0 Å². The summed E-state index contributed by atoms with van der Waals surface area (Å²) in [4.78, 5) is 0. The number of hydrogen-bond donors (Lipinski definition) is 1. The van der Waals surface area contributed by atoms with Crippen LogP contribution in [0.5, 0.6) is 5.75 Å². The van der Waals surface area contributed by atoms with Gasteiger partial charge in [0, 0.05) is 11.1 Å². The fourth-order valence-electron chi connectivity index (χ4n) is 1.77. The zero-order valence-electron chi connectivity index (χ0n) is 10.5. The van der Waals surface area contributed by atoms with E-state index in [-0.39, 0.29) is 11.6 Å². The summed E-state index contributed by atoms with van der Waals surface area (Å²) in [7, 11) is 0. The molecule has 0 aliphatic carbocycles. The molecule has 7 heteroatoms. The lowest BCUT2D eigenvalue weighted by Gasteiger charge is -2.04. The van der Waals surface area contributed by atoms with Crippen LogP contribution in [0.25, 0.3) is 22.8 Å². The van der Waals surface area contributed by atoms with Gasteiger partial charge in [0.15, 0.2) is 0 Å². The number of phenols is 1. The highest BCUT2D eigenvalue weighted by Crippen LogP contribution is 2.29. The van der Waals surface area contributed by atoms with Crippen LogP contribution < -0.4 is 0 Å². The fourth-order valence-corrected chi connectivity index (χ4v) is 2.19. The molecule has 0 aliphatic heterocycles. The second-order valence-electron chi connectivity index (χ2n) is 4.19. The summed E-state index contributed by atoms with van der Waals surface area (Å²) in [5, 5.41) is 26.4. The maximum absolute atomic E-state index is 9.50. The molecule has 3 aromatic rings. The van der Waals surface area contributed by atoms with Gasteiger partial charge in [0.1, 0.15) is 5.75 Å². The van der Waals surface area contributed by atoms with E-state index in [2.05, 4.69) is 20.4 Å². The number of hydrogen-bond acceptors (Lipinski definition) is 5. The molecular weight excluding hydrogens is 311 g/mol. The fraction of sp³-hybridized carbons (Fsp3) is 0. The van der Waals surface area contributed by atoms with Crippen molar-refractivity contribution in [1.29, 1.82) is 0 Å². The smallest absolute Gasteiger partial charge is 0.205 e. The Morgan fingerprint density at radius 1 is 0.714 bits per heavy atom. The summed E-state index contributed by atoms with van der Waals surface area (Å²) < 4.78 is 0. The molecule has 0 aliphatic rings. The summed E-state index contributed by atoms with van der Waals surface area (Å²) in [6.07, 6.45) is 0. The van der Waals surface area contributed by atoms with E-state index in [1.165, 1.54) is 12.1 Å². The van der Waals surface area contributed by atoms with Crippen molar-refractivity contribution in [1.82, 2.24) is 20.4 Å². The van der Waals surface area contributed by atoms with Crippen molar-refractivity contribution in [2.24, 2.45) is 0 Å². The molecule has 1 aromatic heterocycles. The summed E-state index contributed by atoms with van der Waals surface area (Å²) in [6, 6.07) is 11.6. The Kier molecular flexibility index (Phi) is 3.68. The van der Waals surface area contributed by atoms with Crippen LogP contribution >= 0.6 is 23.2 Å². The van der Waals surface area contributed by atoms with Gasteiger partial charge < -0.3 is 5.11 Å². The third-order valence-electron chi connectivity index (χ3n) is 2.78. The second kappa shape index (κ2) is 5.63. The molecule has 0 fully saturated rings. The minimum atomic E-state index is 0.0631. The Morgan fingerprint density at radius 3 is 1.95 bits per heavy atom. The number of phenolic OH excluding ortho intramolecular Hbond substituents is 1. The van der Waals surface area contributed by atoms with Gasteiger partial charge in [0.25, 0.3) is 0 Å². The van der Waals surface area contributed by atoms with E-state index in [1.807, 2.05) is 12.1 Å². The number of benzene rings is 2. The molecule has 0 amide bonds. The van der Waals surface area contributed by atoms with Crippen LogP contribution in [0.2, 0.25) is 10.0 Å². The van der Waals surface area contributed by atoms with Gasteiger partial charge in [-0.15, -0.1) is 20.4 Å². The zero-order chi connectivity index (χ0) is 14.8. The van der Waals surface area contributed by atoms with E-state index in [0.29, 0.717) is 27.0 Å². The first-order valence-corrected chi connectivity index (χ1v) is 6.72. The topological polar surface area (TPSA) is 71.8 Å². The van der Waals surface area contributed by atoms with E-state index in [0.717, 1.165) is 0 Å². The summed E-state index contributed by atoms with van der Waals surface area (Å²) in [5.41, 5.74) is 1.11. The van der Waals surface area contributed by atoms with Gasteiger partial charge >= 0.3 is 0 Å². The third-order valence-corrected chi connectivity index (χ3v) is 3.44. The molecule has 0 saturated heterocycles. The van der Waals surface area contributed by atoms with Crippen molar-refractivity contribution in [2.45, 2.75) is 0 Å². The van der Waals surface area contributed by atoms with E-state index in [1.54, 1.807) is 18.2 Å². The Labute approximate surface area is 130 Å². The lowest BCUT2D eigenvalue weighted by Crippen LogP contribution is -2.00. The highest BCUT2D eigenvalue weighted by Gasteiger charge is 2.12. The average Bonchev–Trinajstić information content (AvgIpc) is 2.50. The maximum atomic E-state index is 9.50. The number of aromatic nitrogens is 4. The van der Waals surface area contributed by atoms with Gasteiger partial charge in [-0.25, -0.2) is 0 Å². The lowest BCUT2D eigenvalue weighted by molar-refractivity contribution is 0.475. The second-order valence-corrected chi connectivity index (χ2v) is 5.01. The van der Waals surface area contributed by atoms with Gasteiger partial charge in [-0.1, -0.05) is 35.3 Å². The Balaban J connectivity index is 2.02.